The first-order valence-electron chi connectivity index (χ1n) is 13.9. The summed E-state index contributed by atoms with van der Waals surface area (Å²) < 4.78 is 0. The summed E-state index contributed by atoms with van der Waals surface area (Å²) in [6.07, 6.45) is 10.1. The zero-order chi connectivity index (χ0) is 24.9. The summed E-state index contributed by atoms with van der Waals surface area (Å²) >= 11 is 6.30. The van der Waals surface area contributed by atoms with Gasteiger partial charge in [-0.3, -0.25) is 4.79 Å². The average molecular weight is 491 g/mol. The van der Waals surface area contributed by atoms with Gasteiger partial charge in [0.1, 0.15) is 0 Å². The molecule has 5 aliphatic rings. The molecule has 3 nitrogen and oxygen atoms in total. The molecule has 0 radical (unpaired) electrons. The lowest BCUT2D eigenvalue weighted by molar-refractivity contribution is -0.248. The van der Waals surface area contributed by atoms with E-state index in [0.717, 1.165) is 50.5 Å². The van der Waals surface area contributed by atoms with E-state index < -0.39 is 11.4 Å². The number of allylic oxidation sites excluding steroid dienone is 1. The van der Waals surface area contributed by atoms with E-state index in [9.17, 15) is 15.0 Å². The lowest BCUT2D eigenvalue weighted by Gasteiger charge is -2.72. The highest BCUT2D eigenvalue weighted by Gasteiger charge is 2.72. The minimum atomic E-state index is -0.592. The number of aliphatic hydroxyl groups excluding tert-OH is 1. The summed E-state index contributed by atoms with van der Waals surface area (Å²) in [6.45, 7) is 16.6. The van der Waals surface area contributed by atoms with Crippen LogP contribution in [-0.4, -0.2) is 28.2 Å². The maximum Gasteiger partial charge on any atom is 0.309 e. The van der Waals surface area contributed by atoms with Crippen LogP contribution in [0.2, 0.25) is 0 Å². The number of alkyl halides is 1. The molecule has 5 fully saturated rings. The topological polar surface area (TPSA) is 57.5 Å². The van der Waals surface area contributed by atoms with Crippen LogP contribution in [0.5, 0.6) is 0 Å². The molecule has 5 aliphatic carbocycles. The zero-order valence-electron chi connectivity index (χ0n) is 22.1. The van der Waals surface area contributed by atoms with Crippen LogP contribution in [0.4, 0.5) is 0 Å². The van der Waals surface area contributed by atoms with Crippen molar-refractivity contribution in [3.63, 3.8) is 0 Å². The van der Waals surface area contributed by atoms with Gasteiger partial charge in [-0.1, -0.05) is 46.8 Å². The number of carbonyl (C=O) groups is 1. The minimum Gasteiger partial charge on any atom is -0.481 e. The van der Waals surface area contributed by atoms with Crippen molar-refractivity contribution in [1.29, 1.82) is 0 Å². The van der Waals surface area contributed by atoms with Gasteiger partial charge < -0.3 is 10.2 Å². The van der Waals surface area contributed by atoms with E-state index in [4.69, 9.17) is 11.6 Å². The smallest absolute Gasteiger partial charge is 0.309 e. The third kappa shape index (κ3) is 2.89. The van der Waals surface area contributed by atoms with Crippen molar-refractivity contribution in [2.45, 2.75) is 105 Å². The largest absolute Gasteiger partial charge is 0.481 e. The Morgan fingerprint density at radius 2 is 1.59 bits per heavy atom. The van der Waals surface area contributed by atoms with Crippen LogP contribution in [0.15, 0.2) is 12.2 Å². The van der Waals surface area contributed by atoms with Crippen LogP contribution in [0.1, 0.15) is 98.8 Å². The van der Waals surface area contributed by atoms with Crippen molar-refractivity contribution in [2.75, 3.05) is 5.88 Å². The van der Waals surface area contributed by atoms with E-state index in [0.29, 0.717) is 23.6 Å². The lowest BCUT2D eigenvalue weighted by Crippen LogP contribution is -2.67. The first kappa shape index (κ1) is 25.1. The summed E-state index contributed by atoms with van der Waals surface area (Å²) in [4.78, 5) is 12.8. The van der Waals surface area contributed by atoms with Crippen molar-refractivity contribution in [2.24, 2.45) is 56.7 Å². The van der Waals surface area contributed by atoms with Crippen molar-refractivity contribution in [3.05, 3.63) is 12.2 Å². The first-order chi connectivity index (χ1) is 15.8. The minimum absolute atomic E-state index is 0.0360. The number of fused-ring (bicyclic) bond motifs is 7. The van der Waals surface area contributed by atoms with Crippen LogP contribution >= 0.6 is 11.6 Å². The van der Waals surface area contributed by atoms with E-state index in [2.05, 4.69) is 41.2 Å². The Hall–Kier alpha value is -0.540. The Morgan fingerprint density at radius 3 is 2.24 bits per heavy atom. The highest BCUT2D eigenvalue weighted by atomic mass is 35.5. The molecule has 192 valence electrons. The lowest BCUT2D eigenvalue weighted by atomic mass is 9.32. The number of halogens is 1. The molecular weight excluding hydrogens is 444 g/mol. The van der Waals surface area contributed by atoms with Gasteiger partial charge in [-0.15, -0.1) is 11.6 Å². The van der Waals surface area contributed by atoms with Gasteiger partial charge in [-0.25, -0.2) is 0 Å². The predicted octanol–water partition coefficient (Wildman–Crippen LogP) is 7.31. The first-order valence-corrected chi connectivity index (χ1v) is 14.5. The second kappa shape index (κ2) is 7.73. The van der Waals surface area contributed by atoms with Crippen LogP contribution in [0.3, 0.4) is 0 Å². The van der Waals surface area contributed by atoms with Gasteiger partial charge in [-0.05, 0) is 115 Å². The Kier molecular flexibility index (Phi) is 5.71. The maximum atomic E-state index is 12.8. The van der Waals surface area contributed by atoms with Gasteiger partial charge in [0, 0.05) is 5.88 Å². The Balaban J connectivity index is 1.56. The van der Waals surface area contributed by atoms with Crippen LogP contribution < -0.4 is 0 Å². The van der Waals surface area contributed by atoms with Crippen molar-refractivity contribution < 1.29 is 15.0 Å². The van der Waals surface area contributed by atoms with E-state index in [1.54, 1.807) is 0 Å². The van der Waals surface area contributed by atoms with E-state index in [1.807, 2.05) is 0 Å². The second-order valence-corrected chi connectivity index (χ2v) is 14.7. The number of hydrogen-bond donors (Lipinski definition) is 2. The third-order valence-corrected chi connectivity index (χ3v) is 13.9. The average Bonchev–Trinajstić information content (AvgIpc) is 3.18. The summed E-state index contributed by atoms with van der Waals surface area (Å²) in [5, 5.41) is 21.4. The standard InChI is InChI=1S/C30H47ClO3/c1-18(17-31)19-9-14-30(25(33)34)16-15-28(5)20(24(19)30)7-8-22-27(4)12-11-23(32)26(2,3)21(27)10-13-29(22,28)6/h19-24,32H,1,7-17H2,2-6H3,(H,33,34)/t19-,20?,21?,22?,23-,24?,27-,28+,29+,30-/m0/s1. The second-order valence-electron chi connectivity index (χ2n) is 14.5. The van der Waals surface area contributed by atoms with Gasteiger partial charge in [0.05, 0.1) is 11.5 Å². The van der Waals surface area contributed by atoms with Gasteiger partial charge in [0.2, 0.25) is 0 Å². The van der Waals surface area contributed by atoms with E-state index >= 15 is 0 Å². The summed E-state index contributed by atoms with van der Waals surface area (Å²) in [5.41, 5.74) is 1.03. The molecule has 0 aromatic heterocycles. The van der Waals surface area contributed by atoms with E-state index in [1.165, 1.54) is 19.3 Å². The van der Waals surface area contributed by atoms with Gasteiger partial charge in [-0.2, -0.15) is 0 Å². The normalized spacial score (nSPS) is 53.7. The summed E-state index contributed by atoms with van der Waals surface area (Å²) in [6, 6.07) is 0. The third-order valence-electron chi connectivity index (χ3n) is 13.5. The van der Waals surface area contributed by atoms with Crippen LogP contribution in [-0.2, 0) is 4.79 Å². The number of carboxylic acid groups (broad SMARTS) is 1. The SMILES string of the molecule is C=C(CCl)[C@@H]1CC[C@]2(C(=O)O)CC[C@]3(C)C(CCC4[C@@]5(C)CC[C@H](O)C(C)(C)C5CC[C@]43C)C12. The van der Waals surface area contributed by atoms with Crippen LogP contribution in [0.25, 0.3) is 0 Å². The molecule has 0 aromatic carbocycles. The molecule has 0 spiro atoms. The summed E-state index contributed by atoms with van der Waals surface area (Å²) in [5.74, 6) is 1.90. The highest BCUT2D eigenvalue weighted by molar-refractivity contribution is 6.19. The molecule has 5 saturated carbocycles. The zero-order valence-corrected chi connectivity index (χ0v) is 22.9. The Labute approximate surface area is 212 Å². The van der Waals surface area contributed by atoms with Crippen molar-refractivity contribution in [1.82, 2.24) is 0 Å². The van der Waals surface area contributed by atoms with Crippen LogP contribution in [0, 0.1) is 56.7 Å². The monoisotopic (exact) mass is 490 g/mol. The number of aliphatic carboxylic acids is 1. The molecule has 0 bridgehead atoms. The van der Waals surface area contributed by atoms with E-state index in [-0.39, 0.29) is 39.6 Å². The Morgan fingerprint density at radius 1 is 0.882 bits per heavy atom. The highest BCUT2D eigenvalue weighted by Crippen LogP contribution is 2.77. The molecule has 4 unspecified atom stereocenters. The molecule has 0 heterocycles. The number of rotatable bonds is 3. The maximum absolute atomic E-state index is 12.8. The van der Waals surface area contributed by atoms with Crippen molar-refractivity contribution in [3.8, 4) is 0 Å². The number of aliphatic hydroxyl groups is 1. The molecule has 10 atom stereocenters. The molecule has 5 rings (SSSR count). The molecule has 4 heteroatoms. The molecule has 0 saturated heterocycles. The molecule has 0 amide bonds. The fourth-order valence-corrected chi connectivity index (χ4v) is 11.7. The molecule has 2 N–H and O–H groups in total. The number of carboxylic acids is 1. The number of hydrogen-bond acceptors (Lipinski definition) is 2. The molecule has 0 aromatic rings. The van der Waals surface area contributed by atoms with Crippen molar-refractivity contribution >= 4 is 17.6 Å². The fourth-order valence-electron chi connectivity index (χ4n) is 11.5. The quantitative estimate of drug-likeness (QED) is 0.322. The van der Waals surface area contributed by atoms with Gasteiger partial charge in [0.25, 0.3) is 0 Å². The molecular formula is C30H47ClO3. The fraction of sp³-hybridized carbons (Fsp3) is 0.900. The van der Waals surface area contributed by atoms with Gasteiger partial charge >= 0.3 is 5.97 Å². The molecule has 0 aliphatic heterocycles. The molecule has 34 heavy (non-hydrogen) atoms. The van der Waals surface area contributed by atoms with Gasteiger partial charge in [0.15, 0.2) is 0 Å². The summed E-state index contributed by atoms with van der Waals surface area (Å²) in [7, 11) is 0. The Bertz CT molecular complexity index is 882. The predicted molar refractivity (Wildman–Crippen MR) is 138 cm³/mol.